The Kier molecular flexibility index (Phi) is 6.35. The molecule has 4 amide bonds. The summed E-state index contributed by atoms with van der Waals surface area (Å²) in [7, 11) is 0. The summed E-state index contributed by atoms with van der Waals surface area (Å²) in [6.07, 6.45) is 2.24. The number of carbonyl (C=O) groups is 4. The Labute approximate surface area is 254 Å². The number of anilines is 2. The molecule has 2 aliphatic heterocycles. The average Bonchev–Trinajstić information content (AvgIpc) is 3.44. The SMILES string of the molecule is O=C1[C@H]2[C@H](CC=C3[C@H]2C[C@H]2C(=O)N(c4ccc([N+](=O)[O-])cc4)C(=O)[C@H]2[C@H]3c2ccc(O)cc2)C(=O)N1c1ccc([N+](=O)[O-])cc1. The van der Waals surface area contributed by atoms with Crippen LogP contribution >= 0.6 is 0 Å². The molecule has 3 aromatic rings. The monoisotopic (exact) mass is 608 g/mol. The minimum absolute atomic E-state index is 0.0111. The predicted octanol–water partition coefficient (Wildman–Crippen LogP) is 4.25. The first-order valence-corrected chi connectivity index (χ1v) is 14.3. The molecule has 0 spiro atoms. The summed E-state index contributed by atoms with van der Waals surface area (Å²) in [4.78, 5) is 79.0. The van der Waals surface area contributed by atoms with Crippen LogP contribution in [0.25, 0.3) is 0 Å². The minimum Gasteiger partial charge on any atom is -0.508 e. The Balaban J connectivity index is 1.29. The van der Waals surface area contributed by atoms with E-state index in [-0.39, 0.29) is 41.3 Å². The van der Waals surface area contributed by atoms with Gasteiger partial charge in [-0.05, 0) is 60.7 Å². The Morgan fingerprint density at radius 3 is 1.62 bits per heavy atom. The van der Waals surface area contributed by atoms with E-state index in [1.165, 1.54) is 60.7 Å². The van der Waals surface area contributed by atoms with Gasteiger partial charge in [0.2, 0.25) is 23.6 Å². The van der Waals surface area contributed by atoms with Gasteiger partial charge in [0.05, 0.1) is 44.9 Å². The molecule has 0 bridgehead atoms. The first kappa shape index (κ1) is 28.1. The maximum atomic E-state index is 14.1. The molecule has 0 radical (unpaired) electrons. The molecule has 2 aliphatic carbocycles. The number of allylic oxidation sites excluding steroid dienone is 2. The van der Waals surface area contributed by atoms with Crippen LogP contribution in [0.1, 0.15) is 24.3 Å². The van der Waals surface area contributed by atoms with E-state index in [0.29, 0.717) is 5.56 Å². The summed E-state index contributed by atoms with van der Waals surface area (Å²) in [5.74, 6) is -6.26. The zero-order chi connectivity index (χ0) is 31.7. The molecular formula is C32H24N4O9. The quantitative estimate of drug-likeness (QED) is 0.192. The molecule has 226 valence electrons. The van der Waals surface area contributed by atoms with E-state index in [1.54, 1.807) is 12.1 Å². The number of nitro benzene ring substituents is 2. The highest BCUT2D eigenvalue weighted by Gasteiger charge is 2.62. The number of amides is 4. The third-order valence-electron chi connectivity index (χ3n) is 9.54. The van der Waals surface area contributed by atoms with Crippen LogP contribution in [0.4, 0.5) is 22.7 Å². The number of fused-ring (bicyclic) bond motifs is 4. The van der Waals surface area contributed by atoms with Gasteiger partial charge in [-0.3, -0.25) is 49.2 Å². The van der Waals surface area contributed by atoms with E-state index in [4.69, 9.17) is 0 Å². The Hall–Kier alpha value is -5.72. The molecule has 2 heterocycles. The molecule has 3 fully saturated rings. The third kappa shape index (κ3) is 4.22. The topological polar surface area (TPSA) is 181 Å². The van der Waals surface area contributed by atoms with Crippen LogP contribution in [-0.2, 0) is 19.2 Å². The second kappa shape index (κ2) is 10.2. The van der Waals surface area contributed by atoms with Gasteiger partial charge in [0, 0.05) is 30.2 Å². The molecule has 6 atom stereocenters. The van der Waals surface area contributed by atoms with Crippen LogP contribution in [0, 0.1) is 49.8 Å². The lowest BCUT2D eigenvalue weighted by Crippen LogP contribution is -2.43. The highest BCUT2D eigenvalue weighted by Crippen LogP contribution is 2.58. The number of aromatic hydroxyl groups is 1. The van der Waals surface area contributed by atoms with Crippen LogP contribution in [-0.4, -0.2) is 38.6 Å². The van der Waals surface area contributed by atoms with Crippen molar-refractivity contribution in [3.8, 4) is 5.75 Å². The van der Waals surface area contributed by atoms with Crippen LogP contribution in [0.15, 0.2) is 84.4 Å². The molecule has 3 aromatic carbocycles. The van der Waals surface area contributed by atoms with Crippen molar-refractivity contribution in [3.05, 3.63) is 110 Å². The fourth-order valence-electron chi connectivity index (χ4n) is 7.60. The van der Waals surface area contributed by atoms with Gasteiger partial charge in [-0.25, -0.2) is 0 Å². The summed E-state index contributed by atoms with van der Waals surface area (Å²) < 4.78 is 0. The van der Waals surface area contributed by atoms with Crippen molar-refractivity contribution in [2.45, 2.75) is 18.8 Å². The normalized spacial score (nSPS) is 27.2. The van der Waals surface area contributed by atoms with Gasteiger partial charge in [0.15, 0.2) is 0 Å². The number of phenolic OH excluding ortho intramolecular Hbond substituents is 1. The van der Waals surface area contributed by atoms with Crippen LogP contribution in [0.5, 0.6) is 5.75 Å². The number of hydrogen-bond acceptors (Lipinski definition) is 9. The Morgan fingerprint density at radius 1 is 0.622 bits per heavy atom. The number of nitrogens with zero attached hydrogens (tertiary/aromatic N) is 4. The molecule has 1 saturated carbocycles. The summed E-state index contributed by atoms with van der Waals surface area (Å²) >= 11 is 0. The second-order valence-corrected chi connectivity index (χ2v) is 11.7. The number of imide groups is 2. The highest BCUT2D eigenvalue weighted by molar-refractivity contribution is 6.24. The smallest absolute Gasteiger partial charge is 0.269 e. The van der Waals surface area contributed by atoms with E-state index in [2.05, 4.69) is 0 Å². The molecule has 13 nitrogen and oxygen atoms in total. The van der Waals surface area contributed by atoms with E-state index >= 15 is 0 Å². The number of phenols is 1. The number of hydrogen-bond donors (Lipinski definition) is 1. The lowest BCUT2D eigenvalue weighted by atomic mass is 9.57. The molecule has 1 N–H and O–H groups in total. The van der Waals surface area contributed by atoms with Gasteiger partial charge in [-0.1, -0.05) is 23.8 Å². The number of nitro groups is 2. The summed E-state index contributed by atoms with van der Waals surface area (Å²) in [5, 5.41) is 32.3. The van der Waals surface area contributed by atoms with Gasteiger partial charge in [0.25, 0.3) is 11.4 Å². The van der Waals surface area contributed by atoms with Gasteiger partial charge in [0.1, 0.15) is 5.75 Å². The highest BCUT2D eigenvalue weighted by atomic mass is 16.6. The number of carbonyl (C=O) groups excluding carboxylic acids is 4. The summed E-state index contributed by atoms with van der Waals surface area (Å²) in [6, 6.07) is 16.6. The van der Waals surface area contributed by atoms with Gasteiger partial charge >= 0.3 is 0 Å². The third-order valence-corrected chi connectivity index (χ3v) is 9.54. The van der Waals surface area contributed by atoms with E-state index in [0.717, 1.165) is 15.4 Å². The van der Waals surface area contributed by atoms with Crippen molar-refractivity contribution in [1.82, 2.24) is 0 Å². The second-order valence-electron chi connectivity index (χ2n) is 11.7. The molecule has 2 saturated heterocycles. The van der Waals surface area contributed by atoms with Crippen LogP contribution in [0.3, 0.4) is 0 Å². The van der Waals surface area contributed by atoms with Crippen molar-refractivity contribution < 1.29 is 34.1 Å². The fraction of sp³-hybridized carbons (Fsp3) is 0.250. The van der Waals surface area contributed by atoms with E-state index < -0.39 is 69.0 Å². The van der Waals surface area contributed by atoms with Gasteiger partial charge in [-0.2, -0.15) is 0 Å². The molecule has 45 heavy (non-hydrogen) atoms. The van der Waals surface area contributed by atoms with Crippen molar-refractivity contribution in [2.24, 2.45) is 29.6 Å². The molecule has 0 aromatic heterocycles. The zero-order valence-corrected chi connectivity index (χ0v) is 23.4. The number of non-ortho nitro benzene ring substituents is 2. The van der Waals surface area contributed by atoms with Gasteiger partial charge in [-0.15, -0.1) is 0 Å². The maximum absolute atomic E-state index is 14.1. The Bertz CT molecular complexity index is 1840. The van der Waals surface area contributed by atoms with Gasteiger partial charge < -0.3 is 5.11 Å². The zero-order valence-electron chi connectivity index (χ0n) is 23.4. The summed E-state index contributed by atoms with van der Waals surface area (Å²) in [6.45, 7) is 0. The average molecular weight is 609 g/mol. The number of rotatable bonds is 5. The predicted molar refractivity (Wildman–Crippen MR) is 157 cm³/mol. The van der Waals surface area contributed by atoms with E-state index in [1.807, 2.05) is 6.08 Å². The Morgan fingerprint density at radius 2 is 1.11 bits per heavy atom. The largest absolute Gasteiger partial charge is 0.508 e. The first-order valence-electron chi connectivity index (χ1n) is 14.3. The van der Waals surface area contributed by atoms with E-state index in [9.17, 15) is 44.5 Å². The molecule has 0 unspecified atom stereocenters. The number of benzene rings is 3. The lowest BCUT2D eigenvalue weighted by molar-refractivity contribution is -0.385. The molecular weight excluding hydrogens is 584 g/mol. The van der Waals surface area contributed by atoms with Crippen LogP contribution in [0.2, 0.25) is 0 Å². The van der Waals surface area contributed by atoms with Crippen molar-refractivity contribution in [2.75, 3.05) is 9.80 Å². The molecule has 13 heteroatoms. The standard InChI is InChI=1S/C32H24N4O9/c37-21-11-1-16(2-12-21)26-22-13-14-23-27(31(40)33(29(23)38)17-3-7-19(8-4-17)35(42)43)24(22)15-25-28(26)32(41)34(30(25)39)18-5-9-20(10-6-18)36(44)45/h1-13,23-28,37H,14-15H2/t23-,24+,25+,26-,27-,28+/m0/s1. The van der Waals surface area contributed by atoms with Crippen LogP contribution < -0.4 is 9.80 Å². The molecule has 4 aliphatic rings. The molecule has 7 rings (SSSR count). The van der Waals surface area contributed by atoms with Crippen molar-refractivity contribution in [1.29, 1.82) is 0 Å². The van der Waals surface area contributed by atoms with Crippen molar-refractivity contribution >= 4 is 46.4 Å². The van der Waals surface area contributed by atoms with Crippen molar-refractivity contribution in [3.63, 3.8) is 0 Å². The lowest BCUT2D eigenvalue weighted by Gasteiger charge is -2.44. The summed E-state index contributed by atoms with van der Waals surface area (Å²) in [5.41, 5.74) is 1.46. The first-order chi connectivity index (χ1) is 21.6. The fourth-order valence-corrected chi connectivity index (χ4v) is 7.60. The maximum Gasteiger partial charge on any atom is 0.269 e. The minimum atomic E-state index is -0.844.